The third kappa shape index (κ3) is 4.45. The minimum absolute atomic E-state index is 0.274. The third-order valence-corrected chi connectivity index (χ3v) is 5.05. The van der Waals surface area contributed by atoms with Crippen LogP contribution >= 0.6 is 0 Å². The zero-order valence-electron chi connectivity index (χ0n) is 16.8. The molecule has 1 aliphatic heterocycles. The fourth-order valence-electron chi connectivity index (χ4n) is 3.54. The molecule has 2 N–H and O–H groups in total. The van der Waals surface area contributed by atoms with Crippen LogP contribution < -0.4 is 15.5 Å². The summed E-state index contributed by atoms with van der Waals surface area (Å²) in [6.45, 7) is 0. The lowest BCUT2D eigenvalue weighted by atomic mass is 10.00. The van der Waals surface area contributed by atoms with Crippen LogP contribution in [0.5, 0.6) is 5.75 Å². The number of amides is 2. The molecule has 1 heterocycles. The van der Waals surface area contributed by atoms with Crippen molar-refractivity contribution in [1.82, 2.24) is 10.7 Å². The largest absolute Gasteiger partial charge is 0.497 e. The Morgan fingerprint density at radius 2 is 1.81 bits per heavy atom. The molecular formula is C24H21FN3O3+. The first kappa shape index (κ1) is 20.3. The van der Waals surface area contributed by atoms with Gasteiger partial charge in [-0.2, -0.15) is 0 Å². The predicted molar refractivity (Wildman–Crippen MR) is 113 cm³/mol. The number of hydrazone groups is 1. The van der Waals surface area contributed by atoms with Crippen LogP contribution in [-0.2, 0) is 4.79 Å². The molecule has 0 spiro atoms. The van der Waals surface area contributed by atoms with Crippen LogP contribution in [0.4, 0.5) is 4.39 Å². The van der Waals surface area contributed by atoms with Crippen LogP contribution in [0.2, 0.25) is 0 Å². The molecule has 0 radical (unpaired) electrons. The number of nitrogens with zero attached hydrogens (tertiary/aromatic N) is 1. The molecule has 1 aliphatic rings. The van der Waals surface area contributed by atoms with Gasteiger partial charge in [-0.15, -0.1) is 10.1 Å². The smallest absolute Gasteiger partial charge is 0.304 e. The van der Waals surface area contributed by atoms with Gasteiger partial charge >= 0.3 is 5.91 Å². The summed E-state index contributed by atoms with van der Waals surface area (Å²) in [6.07, 6.45) is 1.79. The highest BCUT2D eigenvalue weighted by atomic mass is 19.1. The summed E-state index contributed by atoms with van der Waals surface area (Å²) in [7, 11) is 1.59. The van der Waals surface area contributed by atoms with Crippen LogP contribution in [0.1, 0.15) is 27.5 Å². The molecule has 2 amide bonds. The summed E-state index contributed by atoms with van der Waals surface area (Å²) >= 11 is 0. The van der Waals surface area contributed by atoms with Gasteiger partial charge in [-0.3, -0.25) is 9.59 Å². The van der Waals surface area contributed by atoms with Crippen LogP contribution in [-0.4, -0.2) is 35.9 Å². The van der Waals surface area contributed by atoms with Crippen molar-refractivity contribution in [3.63, 3.8) is 0 Å². The molecule has 3 aromatic carbocycles. The fourth-order valence-corrected chi connectivity index (χ4v) is 3.54. The third-order valence-electron chi connectivity index (χ3n) is 5.05. The van der Waals surface area contributed by atoms with E-state index in [0.29, 0.717) is 5.75 Å². The maximum absolute atomic E-state index is 13.2. The number of carbonyl (C=O) groups is 2. The molecule has 0 aliphatic carbocycles. The zero-order valence-corrected chi connectivity index (χ0v) is 16.8. The standard InChI is InChI=1S/C24H20FN3O3/c1-31-20-9-5-6-16(14-20)15-28-22(17-7-3-2-4-8-17)21(24(30)27-28)26-23(29)18-10-12-19(25)13-11-18/h2-15,21-22H,1H3,(H-,26,27,29,30)/p+1/b28-15-/t21-,22-/m1/s1. The monoisotopic (exact) mass is 418 g/mol. The molecule has 0 unspecified atom stereocenters. The van der Waals surface area contributed by atoms with Crippen molar-refractivity contribution in [2.75, 3.05) is 7.11 Å². The van der Waals surface area contributed by atoms with E-state index in [9.17, 15) is 14.0 Å². The van der Waals surface area contributed by atoms with Gasteiger partial charge in [-0.25, -0.2) is 4.39 Å². The first-order valence-corrected chi connectivity index (χ1v) is 9.74. The van der Waals surface area contributed by atoms with Crippen molar-refractivity contribution < 1.29 is 23.4 Å². The Bertz CT molecular complexity index is 1130. The molecule has 6 nitrogen and oxygen atoms in total. The van der Waals surface area contributed by atoms with Crippen molar-refractivity contribution in [3.05, 3.63) is 101 Å². The van der Waals surface area contributed by atoms with Crippen molar-refractivity contribution in [2.24, 2.45) is 0 Å². The lowest BCUT2D eigenvalue weighted by Gasteiger charge is -2.14. The lowest BCUT2D eigenvalue weighted by molar-refractivity contribution is -0.596. The van der Waals surface area contributed by atoms with Crippen molar-refractivity contribution in [2.45, 2.75) is 12.1 Å². The van der Waals surface area contributed by atoms with E-state index in [0.717, 1.165) is 11.1 Å². The summed E-state index contributed by atoms with van der Waals surface area (Å²) in [4.78, 5) is 25.6. The Morgan fingerprint density at radius 3 is 2.52 bits per heavy atom. The van der Waals surface area contributed by atoms with Gasteiger partial charge in [0.2, 0.25) is 12.3 Å². The van der Waals surface area contributed by atoms with E-state index in [4.69, 9.17) is 4.74 Å². The van der Waals surface area contributed by atoms with Gasteiger partial charge < -0.3 is 10.1 Å². The van der Waals surface area contributed by atoms with E-state index in [1.54, 1.807) is 18.0 Å². The molecule has 0 saturated carbocycles. The highest BCUT2D eigenvalue weighted by Crippen LogP contribution is 2.25. The SMILES string of the molecule is COc1cccc(/C=[N+]2\NC(=O)[C@H](NC(=O)c3ccc(F)cc3)[C@H]2c2ccccc2)c1. The topological polar surface area (TPSA) is 70.4 Å². The Balaban J connectivity index is 1.68. The van der Waals surface area contributed by atoms with Crippen LogP contribution in [0, 0.1) is 5.82 Å². The summed E-state index contributed by atoms with van der Waals surface area (Å²) < 4.78 is 20.2. The molecular weight excluding hydrogens is 397 g/mol. The maximum Gasteiger partial charge on any atom is 0.304 e. The number of hydrogen-bond donors (Lipinski definition) is 2. The number of rotatable bonds is 5. The number of carbonyl (C=O) groups excluding carboxylic acids is 2. The van der Waals surface area contributed by atoms with Crippen LogP contribution in [0.25, 0.3) is 0 Å². The molecule has 1 saturated heterocycles. The summed E-state index contributed by atoms with van der Waals surface area (Å²) in [5.41, 5.74) is 4.78. The van der Waals surface area contributed by atoms with Gasteiger partial charge in [0.05, 0.1) is 7.11 Å². The van der Waals surface area contributed by atoms with E-state index >= 15 is 0 Å². The first-order valence-electron chi connectivity index (χ1n) is 9.74. The maximum atomic E-state index is 13.2. The van der Waals surface area contributed by atoms with E-state index < -0.39 is 23.8 Å². The Labute approximate surface area is 179 Å². The minimum atomic E-state index is -0.846. The average molecular weight is 418 g/mol. The lowest BCUT2D eigenvalue weighted by Crippen LogP contribution is -2.42. The number of methoxy groups -OCH3 is 1. The van der Waals surface area contributed by atoms with Crippen LogP contribution in [0.15, 0.2) is 78.9 Å². The second kappa shape index (κ2) is 8.79. The predicted octanol–water partition coefficient (Wildman–Crippen LogP) is 2.85. The van der Waals surface area contributed by atoms with E-state index in [1.165, 1.54) is 24.3 Å². The Morgan fingerprint density at radius 1 is 1.06 bits per heavy atom. The van der Waals surface area contributed by atoms with Gasteiger partial charge in [-0.05, 0) is 42.5 Å². The molecule has 2 atom stereocenters. The molecule has 4 rings (SSSR count). The van der Waals surface area contributed by atoms with Gasteiger partial charge in [0.1, 0.15) is 11.6 Å². The number of nitrogens with one attached hydrogen (secondary N) is 2. The summed E-state index contributed by atoms with van der Waals surface area (Å²) in [5, 5.41) is 2.79. The quantitative estimate of drug-likeness (QED) is 0.626. The summed E-state index contributed by atoms with van der Waals surface area (Å²) in [6, 6.07) is 20.7. The van der Waals surface area contributed by atoms with E-state index in [-0.39, 0.29) is 11.5 Å². The molecule has 7 heteroatoms. The van der Waals surface area contributed by atoms with Gasteiger partial charge in [-0.1, -0.05) is 36.4 Å². The van der Waals surface area contributed by atoms with Crippen LogP contribution in [0.3, 0.4) is 0 Å². The summed E-state index contributed by atoms with van der Waals surface area (Å²) in [5.74, 6) is -0.541. The second-order valence-electron chi connectivity index (χ2n) is 7.10. The van der Waals surface area contributed by atoms with E-state index in [2.05, 4.69) is 10.7 Å². The van der Waals surface area contributed by atoms with Crippen molar-refractivity contribution in [3.8, 4) is 5.75 Å². The fraction of sp³-hybridized carbons (Fsp3) is 0.125. The molecule has 0 bridgehead atoms. The Hall–Kier alpha value is -4.00. The number of benzene rings is 3. The number of halogens is 1. The second-order valence-corrected chi connectivity index (χ2v) is 7.10. The molecule has 0 aromatic heterocycles. The zero-order chi connectivity index (χ0) is 21.8. The number of hydrazine groups is 1. The van der Waals surface area contributed by atoms with Gasteiger partial charge in [0, 0.05) is 16.7 Å². The molecule has 1 fully saturated rings. The minimum Gasteiger partial charge on any atom is -0.497 e. The average Bonchev–Trinajstić information content (AvgIpc) is 3.09. The van der Waals surface area contributed by atoms with Crippen molar-refractivity contribution in [1.29, 1.82) is 0 Å². The van der Waals surface area contributed by atoms with Gasteiger partial charge in [0.15, 0.2) is 6.04 Å². The van der Waals surface area contributed by atoms with E-state index in [1.807, 2.05) is 54.6 Å². The number of ether oxygens (including phenoxy) is 1. The molecule has 156 valence electrons. The normalized spacial score (nSPS) is 19.2. The molecule has 31 heavy (non-hydrogen) atoms. The highest BCUT2D eigenvalue weighted by molar-refractivity contribution is 5.98. The first-order chi connectivity index (χ1) is 15.0. The highest BCUT2D eigenvalue weighted by Gasteiger charge is 2.47. The van der Waals surface area contributed by atoms with Crippen molar-refractivity contribution >= 4 is 18.0 Å². The van der Waals surface area contributed by atoms with Gasteiger partial charge in [0.25, 0.3) is 5.91 Å². The molecule has 3 aromatic rings. The number of hydrogen-bond acceptors (Lipinski definition) is 3. The Kier molecular flexibility index (Phi) is 5.75.